The zero-order chi connectivity index (χ0) is 27.9. The third-order valence-electron chi connectivity index (χ3n) is 9.85. The van der Waals surface area contributed by atoms with Crippen LogP contribution in [0.5, 0.6) is 0 Å². The molecule has 2 amide bonds. The van der Waals surface area contributed by atoms with Gasteiger partial charge in [-0.3, -0.25) is 9.59 Å². The molecule has 0 spiro atoms. The van der Waals surface area contributed by atoms with Gasteiger partial charge in [0.15, 0.2) is 0 Å². The van der Waals surface area contributed by atoms with E-state index in [1.807, 2.05) is 54.6 Å². The highest BCUT2D eigenvalue weighted by atomic mass is 16.2. The fourth-order valence-electron chi connectivity index (χ4n) is 7.41. The molecule has 4 aromatic rings. The van der Waals surface area contributed by atoms with Crippen LogP contribution in [-0.2, 0) is 0 Å². The van der Waals surface area contributed by atoms with E-state index in [1.165, 1.54) is 44.1 Å². The van der Waals surface area contributed by atoms with Crippen molar-refractivity contribution in [1.29, 1.82) is 0 Å². The first-order valence-electron chi connectivity index (χ1n) is 15.3. The Hall–Kier alpha value is -3.93. The molecule has 3 atom stereocenters. The van der Waals surface area contributed by atoms with E-state index >= 15 is 0 Å². The first-order chi connectivity index (χ1) is 20.0. The van der Waals surface area contributed by atoms with Crippen LogP contribution in [0.2, 0.25) is 0 Å². The Labute approximate surface area is 241 Å². The maximum absolute atomic E-state index is 12.9. The van der Waals surface area contributed by atoms with Gasteiger partial charge >= 0.3 is 0 Å². The van der Waals surface area contributed by atoms with Gasteiger partial charge in [0.2, 0.25) is 0 Å². The number of nitrogens with one attached hydrogen (secondary N) is 3. The molecular formula is C35H38N4O2. The first-order valence-corrected chi connectivity index (χ1v) is 15.3. The van der Waals surface area contributed by atoms with Gasteiger partial charge < -0.3 is 15.6 Å². The molecule has 6 heteroatoms. The monoisotopic (exact) mass is 546 g/mol. The molecule has 41 heavy (non-hydrogen) atoms. The van der Waals surface area contributed by atoms with Gasteiger partial charge in [0, 0.05) is 28.4 Å². The Morgan fingerprint density at radius 2 is 1.56 bits per heavy atom. The summed E-state index contributed by atoms with van der Waals surface area (Å²) in [6, 6.07) is 21.8. The number of benzene rings is 3. The van der Waals surface area contributed by atoms with E-state index in [9.17, 15) is 9.59 Å². The predicted octanol–water partition coefficient (Wildman–Crippen LogP) is 7.69. The van der Waals surface area contributed by atoms with Crippen molar-refractivity contribution in [2.24, 2.45) is 17.8 Å². The number of carbonyl (C=O) groups excluding carboxylic acids is 2. The second-order valence-corrected chi connectivity index (χ2v) is 12.7. The van der Waals surface area contributed by atoms with Gasteiger partial charge in [-0.2, -0.15) is 0 Å². The molecule has 6 nitrogen and oxygen atoms in total. The average Bonchev–Trinajstić information content (AvgIpc) is 3.75. The van der Waals surface area contributed by atoms with E-state index in [0.29, 0.717) is 22.9 Å². The van der Waals surface area contributed by atoms with Crippen LogP contribution in [0.3, 0.4) is 0 Å². The van der Waals surface area contributed by atoms with E-state index in [-0.39, 0.29) is 17.9 Å². The van der Waals surface area contributed by atoms with E-state index in [1.54, 1.807) is 0 Å². The fraction of sp³-hybridized carbons (Fsp3) is 0.400. The summed E-state index contributed by atoms with van der Waals surface area (Å²) in [7, 11) is 0. The van der Waals surface area contributed by atoms with Gasteiger partial charge in [0.1, 0.15) is 5.82 Å². The highest BCUT2D eigenvalue weighted by Gasteiger charge is 2.39. The van der Waals surface area contributed by atoms with Crippen molar-refractivity contribution in [3.8, 4) is 11.4 Å². The number of hydrogen-bond donors (Lipinski definition) is 3. The fourth-order valence-corrected chi connectivity index (χ4v) is 7.41. The Morgan fingerprint density at radius 1 is 0.805 bits per heavy atom. The molecule has 0 saturated heterocycles. The third-order valence-corrected chi connectivity index (χ3v) is 9.85. The van der Waals surface area contributed by atoms with Crippen molar-refractivity contribution < 1.29 is 9.59 Å². The molecule has 0 radical (unpaired) electrons. The zero-order valence-corrected chi connectivity index (χ0v) is 23.7. The van der Waals surface area contributed by atoms with Crippen LogP contribution in [0.25, 0.3) is 22.4 Å². The minimum atomic E-state index is -0.128. The standard InChI is InChI=1S/C35H38N4O2/c1-21-2-13-28(14-3-21)37-35(41)27-12-17-31-32(20-27)39-33(38-31)24-6-8-25(9-7-24)34(40)36-29-15-10-23(11-16-29)30-19-22-4-5-26(30)18-22/h6-12,15-17,20-22,26,28,30H,2-5,13-14,18-19H2,1H3,(H,36,40)(H,37,41)(H,38,39). The molecule has 1 aromatic heterocycles. The van der Waals surface area contributed by atoms with Crippen molar-refractivity contribution in [1.82, 2.24) is 15.3 Å². The topological polar surface area (TPSA) is 86.9 Å². The molecule has 3 fully saturated rings. The lowest BCUT2D eigenvalue weighted by molar-refractivity contribution is 0.0922. The number of fused-ring (bicyclic) bond motifs is 3. The maximum atomic E-state index is 12.9. The van der Waals surface area contributed by atoms with E-state index < -0.39 is 0 Å². The van der Waals surface area contributed by atoms with Gasteiger partial charge in [-0.05, 0) is 117 Å². The van der Waals surface area contributed by atoms with Crippen molar-refractivity contribution in [2.45, 2.75) is 70.3 Å². The summed E-state index contributed by atoms with van der Waals surface area (Å²) in [6.07, 6.45) is 9.93. The normalized spacial score (nSPS) is 25.3. The van der Waals surface area contributed by atoms with Crippen LogP contribution >= 0.6 is 0 Å². The number of aromatic nitrogens is 2. The molecule has 3 aromatic carbocycles. The molecule has 3 unspecified atom stereocenters. The number of H-pyrrole nitrogens is 1. The number of aromatic amines is 1. The van der Waals surface area contributed by atoms with Crippen molar-refractivity contribution in [2.75, 3.05) is 5.32 Å². The Balaban J connectivity index is 0.991. The third kappa shape index (κ3) is 5.40. The molecule has 1 heterocycles. The van der Waals surface area contributed by atoms with Crippen molar-refractivity contribution >= 4 is 28.5 Å². The maximum Gasteiger partial charge on any atom is 0.255 e. The molecule has 0 aliphatic heterocycles. The van der Waals surface area contributed by atoms with Gasteiger partial charge in [-0.15, -0.1) is 0 Å². The van der Waals surface area contributed by atoms with Crippen LogP contribution in [0.4, 0.5) is 5.69 Å². The summed E-state index contributed by atoms with van der Waals surface area (Å²) in [5, 5.41) is 6.24. The van der Waals surface area contributed by atoms with E-state index in [4.69, 9.17) is 4.98 Å². The lowest BCUT2D eigenvalue weighted by Gasteiger charge is -2.26. The molecule has 7 rings (SSSR count). The molecule has 3 saturated carbocycles. The smallest absolute Gasteiger partial charge is 0.255 e. The van der Waals surface area contributed by atoms with Crippen LogP contribution in [0.15, 0.2) is 66.7 Å². The SMILES string of the molecule is CC1CCC(NC(=O)c2ccc3nc(-c4ccc(C(=O)Nc5ccc(C6CC7CCC6C7)cc5)cc4)[nH]c3c2)CC1. The largest absolute Gasteiger partial charge is 0.349 e. The van der Waals surface area contributed by atoms with Crippen LogP contribution < -0.4 is 10.6 Å². The lowest BCUT2D eigenvalue weighted by atomic mass is 9.83. The first kappa shape index (κ1) is 26.0. The molecular weight excluding hydrogens is 508 g/mol. The van der Waals surface area contributed by atoms with Gasteiger partial charge in [0.25, 0.3) is 11.8 Å². The Morgan fingerprint density at radius 3 is 2.27 bits per heavy atom. The minimum absolute atomic E-state index is 0.0295. The van der Waals surface area contributed by atoms with Gasteiger partial charge in [-0.1, -0.05) is 37.6 Å². The summed E-state index contributed by atoms with van der Waals surface area (Å²) < 4.78 is 0. The van der Waals surface area contributed by atoms with E-state index in [0.717, 1.165) is 52.9 Å². The van der Waals surface area contributed by atoms with Gasteiger partial charge in [0.05, 0.1) is 11.0 Å². The number of imidazole rings is 1. The molecule has 3 N–H and O–H groups in total. The number of amides is 2. The van der Waals surface area contributed by atoms with Crippen LogP contribution in [0, 0.1) is 17.8 Å². The van der Waals surface area contributed by atoms with Crippen molar-refractivity contribution in [3.63, 3.8) is 0 Å². The number of nitrogens with zero attached hydrogens (tertiary/aromatic N) is 1. The predicted molar refractivity (Wildman–Crippen MR) is 163 cm³/mol. The summed E-state index contributed by atoms with van der Waals surface area (Å²) in [5.41, 5.74) is 5.98. The second-order valence-electron chi connectivity index (χ2n) is 12.7. The molecule has 210 valence electrons. The molecule has 2 bridgehead atoms. The lowest BCUT2D eigenvalue weighted by Crippen LogP contribution is -2.37. The second kappa shape index (κ2) is 10.8. The van der Waals surface area contributed by atoms with Gasteiger partial charge in [-0.25, -0.2) is 4.98 Å². The molecule has 3 aliphatic rings. The summed E-state index contributed by atoms with van der Waals surface area (Å²) in [6.45, 7) is 2.28. The number of anilines is 1. The Kier molecular flexibility index (Phi) is 6.85. The highest BCUT2D eigenvalue weighted by molar-refractivity contribution is 6.04. The van der Waals surface area contributed by atoms with Crippen LogP contribution in [-0.4, -0.2) is 27.8 Å². The van der Waals surface area contributed by atoms with E-state index in [2.05, 4.69) is 34.7 Å². The number of carbonyl (C=O) groups is 2. The molecule has 3 aliphatic carbocycles. The summed E-state index contributed by atoms with van der Waals surface area (Å²) >= 11 is 0. The number of rotatable bonds is 6. The average molecular weight is 547 g/mol. The quantitative estimate of drug-likeness (QED) is 0.232. The summed E-state index contributed by atoms with van der Waals surface area (Å²) in [5.74, 6) is 3.77. The number of hydrogen-bond acceptors (Lipinski definition) is 3. The van der Waals surface area contributed by atoms with Crippen molar-refractivity contribution in [3.05, 3.63) is 83.4 Å². The summed E-state index contributed by atoms with van der Waals surface area (Å²) in [4.78, 5) is 33.9. The Bertz CT molecular complexity index is 1560. The minimum Gasteiger partial charge on any atom is -0.349 e. The zero-order valence-electron chi connectivity index (χ0n) is 23.7. The highest BCUT2D eigenvalue weighted by Crippen LogP contribution is 2.52. The van der Waals surface area contributed by atoms with Crippen LogP contribution in [0.1, 0.15) is 90.5 Å².